The third kappa shape index (κ3) is 3.29. The third-order valence-electron chi connectivity index (χ3n) is 4.62. The van der Waals surface area contributed by atoms with Gasteiger partial charge in [0.2, 0.25) is 0 Å². The van der Waals surface area contributed by atoms with E-state index >= 15 is 0 Å². The van der Waals surface area contributed by atoms with Gasteiger partial charge in [0.25, 0.3) is 0 Å². The molecule has 1 aliphatic rings. The molecule has 1 fully saturated rings. The second-order valence-corrected chi connectivity index (χ2v) is 7.37. The molecule has 1 atom stereocenters. The number of nitrogens with zero attached hydrogens (tertiary/aromatic N) is 3. The van der Waals surface area contributed by atoms with Crippen molar-refractivity contribution in [3.8, 4) is 11.3 Å². The highest BCUT2D eigenvalue weighted by Gasteiger charge is 2.33. The first-order valence-electron chi connectivity index (χ1n) is 7.95. The smallest absolute Gasteiger partial charge is 0.152 e. The van der Waals surface area contributed by atoms with E-state index in [-0.39, 0.29) is 5.41 Å². The molecule has 3 rings (SSSR count). The maximum atomic E-state index is 6.26. The summed E-state index contributed by atoms with van der Waals surface area (Å²) in [6.07, 6.45) is 3.84. The predicted octanol–water partition coefficient (Wildman–Crippen LogP) is 3.60. The average Bonchev–Trinajstić information content (AvgIpc) is 2.93. The lowest BCUT2D eigenvalue weighted by Crippen LogP contribution is -2.27. The highest BCUT2D eigenvalue weighted by atomic mass is 35.5. The maximum absolute atomic E-state index is 6.26. The third-order valence-corrected chi connectivity index (χ3v) is 5.44. The summed E-state index contributed by atoms with van der Waals surface area (Å²) in [4.78, 5) is 11.2. The minimum Gasteiger partial charge on any atom is -0.382 e. The Morgan fingerprint density at radius 3 is 2.83 bits per heavy atom. The second-order valence-electron chi connectivity index (χ2n) is 6.58. The van der Waals surface area contributed by atoms with E-state index < -0.39 is 0 Å². The summed E-state index contributed by atoms with van der Waals surface area (Å²) in [7, 11) is 0. The molecule has 5 nitrogen and oxygen atoms in total. The van der Waals surface area contributed by atoms with E-state index in [0.717, 1.165) is 31.7 Å². The molecule has 7 heteroatoms. The Bertz CT molecular complexity index is 752. The van der Waals surface area contributed by atoms with Crippen LogP contribution in [0, 0.1) is 5.41 Å². The maximum Gasteiger partial charge on any atom is 0.152 e. The molecule has 1 aromatic carbocycles. The van der Waals surface area contributed by atoms with E-state index in [1.54, 1.807) is 12.3 Å². The van der Waals surface area contributed by atoms with E-state index in [1.165, 1.54) is 0 Å². The van der Waals surface area contributed by atoms with Crippen molar-refractivity contribution < 1.29 is 0 Å². The van der Waals surface area contributed by atoms with Crippen molar-refractivity contribution in [2.45, 2.75) is 19.8 Å². The van der Waals surface area contributed by atoms with Gasteiger partial charge in [-0.05, 0) is 30.9 Å². The van der Waals surface area contributed by atoms with Crippen LogP contribution in [0.1, 0.15) is 19.8 Å². The quantitative estimate of drug-likeness (QED) is 0.864. The fraction of sp³-hybridized carbons (Fsp3) is 0.412. The molecular weight excluding hydrogens is 345 g/mol. The number of rotatable bonds is 4. The van der Waals surface area contributed by atoms with Crippen LogP contribution in [0.3, 0.4) is 0 Å². The monoisotopic (exact) mass is 365 g/mol. The topological polar surface area (TPSA) is 81.1 Å². The van der Waals surface area contributed by atoms with Gasteiger partial charge in [-0.15, -0.1) is 0 Å². The van der Waals surface area contributed by atoms with Gasteiger partial charge in [-0.3, -0.25) is 0 Å². The fourth-order valence-electron chi connectivity index (χ4n) is 3.21. The summed E-state index contributed by atoms with van der Waals surface area (Å²) in [5.74, 6) is 1.14. The van der Waals surface area contributed by atoms with Gasteiger partial charge in [-0.2, -0.15) is 0 Å². The average molecular weight is 366 g/mol. The van der Waals surface area contributed by atoms with Crippen LogP contribution < -0.4 is 16.4 Å². The summed E-state index contributed by atoms with van der Waals surface area (Å²) in [5, 5.41) is 0.904. The van der Waals surface area contributed by atoms with E-state index in [2.05, 4.69) is 21.8 Å². The second kappa shape index (κ2) is 6.75. The lowest BCUT2D eigenvalue weighted by Gasteiger charge is -2.24. The molecule has 1 aliphatic heterocycles. The lowest BCUT2D eigenvalue weighted by molar-refractivity contribution is 0.344. The molecule has 2 heterocycles. The highest BCUT2D eigenvalue weighted by molar-refractivity contribution is 6.43. The van der Waals surface area contributed by atoms with Crippen LogP contribution in [0.15, 0.2) is 24.4 Å². The van der Waals surface area contributed by atoms with Gasteiger partial charge >= 0.3 is 0 Å². The van der Waals surface area contributed by atoms with Gasteiger partial charge in [0.1, 0.15) is 11.5 Å². The van der Waals surface area contributed by atoms with Gasteiger partial charge in [0, 0.05) is 18.7 Å². The van der Waals surface area contributed by atoms with Crippen molar-refractivity contribution in [1.29, 1.82) is 0 Å². The Hall–Kier alpha value is -1.56. The summed E-state index contributed by atoms with van der Waals surface area (Å²) >= 11 is 12.3. The molecule has 0 radical (unpaired) electrons. The first kappa shape index (κ1) is 17.3. The van der Waals surface area contributed by atoms with Crippen molar-refractivity contribution in [2.75, 3.05) is 30.3 Å². The molecule has 0 aliphatic carbocycles. The number of nitrogen functional groups attached to an aromatic ring is 1. The van der Waals surface area contributed by atoms with Crippen LogP contribution in [-0.4, -0.2) is 29.6 Å². The fourth-order valence-corrected chi connectivity index (χ4v) is 3.60. The van der Waals surface area contributed by atoms with Gasteiger partial charge in [0.15, 0.2) is 5.82 Å². The van der Waals surface area contributed by atoms with Crippen LogP contribution in [0.4, 0.5) is 11.6 Å². The molecule has 4 N–H and O–H groups in total. The number of hydrogen-bond acceptors (Lipinski definition) is 5. The van der Waals surface area contributed by atoms with Crippen molar-refractivity contribution >= 4 is 34.8 Å². The van der Waals surface area contributed by atoms with E-state index in [4.69, 9.17) is 34.7 Å². The molecule has 0 unspecified atom stereocenters. The molecule has 0 spiro atoms. The molecule has 24 heavy (non-hydrogen) atoms. The Morgan fingerprint density at radius 1 is 1.33 bits per heavy atom. The predicted molar refractivity (Wildman–Crippen MR) is 101 cm³/mol. The van der Waals surface area contributed by atoms with Crippen LogP contribution in [0.25, 0.3) is 11.3 Å². The minimum atomic E-state index is 0.222. The first-order chi connectivity index (χ1) is 11.4. The lowest BCUT2D eigenvalue weighted by atomic mass is 9.86. The SMILES string of the molecule is C[C@]1(CCN)CCN(c2cnc(-c3cccc(Cl)c3Cl)c(N)n2)C1. The first-order valence-corrected chi connectivity index (χ1v) is 8.71. The number of halogens is 2. The molecule has 1 saturated heterocycles. The number of hydrogen-bond donors (Lipinski definition) is 2. The Morgan fingerprint density at radius 2 is 2.12 bits per heavy atom. The molecule has 128 valence electrons. The van der Waals surface area contributed by atoms with Crippen LogP contribution in [0.5, 0.6) is 0 Å². The van der Waals surface area contributed by atoms with Crippen molar-refractivity contribution in [3.05, 3.63) is 34.4 Å². The minimum absolute atomic E-state index is 0.222. The summed E-state index contributed by atoms with van der Waals surface area (Å²) in [5.41, 5.74) is 13.3. The standard InChI is InChI=1S/C17H21Cl2N5/c1-17(5-7-20)6-8-24(10-17)13-9-22-15(16(21)23-13)11-3-2-4-12(18)14(11)19/h2-4,9H,5-8,10,20H2,1H3,(H2,21,23)/t17-/m0/s1. The van der Waals surface area contributed by atoms with Crippen molar-refractivity contribution in [2.24, 2.45) is 11.1 Å². The summed E-state index contributed by atoms with van der Waals surface area (Å²) < 4.78 is 0. The molecule has 1 aromatic heterocycles. The van der Waals surface area contributed by atoms with E-state index in [1.807, 2.05) is 12.1 Å². The number of aromatic nitrogens is 2. The van der Waals surface area contributed by atoms with Crippen molar-refractivity contribution in [3.63, 3.8) is 0 Å². The van der Waals surface area contributed by atoms with Crippen LogP contribution >= 0.6 is 23.2 Å². The number of benzene rings is 1. The summed E-state index contributed by atoms with van der Waals surface area (Å²) in [6.45, 7) is 4.80. The number of anilines is 2. The Kier molecular flexibility index (Phi) is 4.85. The van der Waals surface area contributed by atoms with Crippen LogP contribution in [-0.2, 0) is 0 Å². The van der Waals surface area contributed by atoms with Gasteiger partial charge in [-0.1, -0.05) is 42.3 Å². The molecule has 0 amide bonds. The molecule has 2 aromatic rings. The zero-order valence-electron chi connectivity index (χ0n) is 13.6. The van der Waals surface area contributed by atoms with E-state index in [9.17, 15) is 0 Å². The zero-order chi connectivity index (χ0) is 17.3. The Labute approximate surface area is 152 Å². The highest BCUT2D eigenvalue weighted by Crippen LogP contribution is 2.37. The van der Waals surface area contributed by atoms with Crippen molar-refractivity contribution in [1.82, 2.24) is 9.97 Å². The zero-order valence-corrected chi connectivity index (χ0v) is 15.1. The Balaban J connectivity index is 1.87. The summed E-state index contributed by atoms with van der Waals surface area (Å²) in [6, 6.07) is 5.38. The van der Waals surface area contributed by atoms with Crippen LogP contribution in [0.2, 0.25) is 10.0 Å². The largest absolute Gasteiger partial charge is 0.382 e. The molecular formula is C17H21Cl2N5. The van der Waals surface area contributed by atoms with Gasteiger partial charge in [0.05, 0.1) is 16.2 Å². The normalized spacial score (nSPS) is 20.6. The molecule has 0 bridgehead atoms. The number of nitrogens with two attached hydrogens (primary N) is 2. The molecule has 0 saturated carbocycles. The van der Waals surface area contributed by atoms with E-state index in [0.29, 0.717) is 33.7 Å². The van der Waals surface area contributed by atoms with Gasteiger partial charge < -0.3 is 16.4 Å². The van der Waals surface area contributed by atoms with Gasteiger partial charge in [-0.25, -0.2) is 9.97 Å².